The van der Waals surface area contributed by atoms with Crippen molar-refractivity contribution >= 4 is 12.2 Å². The monoisotopic (exact) mass is 530 g/mol. The van der Waals surface area contributed by atoms with Crippen LogP contribution in [0.15, 0.2) is 66.7 Å². The van der Waals surface area contributed by atoms with Crippen LogP contribution < -0.4 is 19.6 Å². The molecule has 0 aliphatic rings. The number of aromatic amines is 1. The quantitative estimate of drug-likeness (QED) is 0.256. The predicted octanol–water partition coefficient (Wildman–Crippen LogP) is 4.23. The number of nitrogens with zero attached hydrogens (tertiary/aromatic N) is 6. The van der Waals surface area contributed by atoms with Gasteiger partial charge in [0.2, 0.25) is 4.77 Å². The fraction of sp³-hybridized carbons (Fsp3) is 0.192. The lowest BCUT2D eigenvalue weighted by Gasteiger charge is -2.14. The number of nitrogens with one attached hydrogen (secondary N) is 2. The Morgan fingerprint density at radius 3 is 2.53 bits per heavy atom. The molecule has 5 rings (SSSR count). The Balaban J connectivity index is 1.30. The van der Waals surface area contributed by atoms with Gasteiger partial charge in [-0.1, -0.05) is 35.9 Å². The molecular weight excluding hydrogens is 504 g/mol. The van der Waals surface area contributed by atoms with E-state index in [1.165, 1.54) is 0 Å². The first kappa shape index (κ1) is 25.0. The number of methoxy groups -OCH3 is 2. The van der Waals surface area contributed by atoms with Crippen LogP contribution in [-0.4, -0.2) is 49.3 Å². The molecule has 12 heteroatoms. The van der Waals surface area contributed by atoms with Gasteiger partial charge in [-0.05, 0) is 71.5 Å². The van der Waals surface area contributed by atoms with E-state index in [4.69, 9.17) is 26.4 Å². The second-order valence-corrected chi connectivity index (χ2v) is 8.73. The van der Waals surface area contributed by atoms with Crippen LogP contribution in [0.3, 0.4) is 0 Å². The minimum Gasteiger partial charge on any atom is -0.496 e. The summed E-state index contributed by atoms with van der Waals surface area (Å²) < 4.78 is 20.9. The summed E-state index contributed by atoms with van der Waals surface area (Å²) in [6.07, 6.45) is 0. The third-order valence-electron chi connectivity index (χ3n) is 5.86. The lowest BCUT2D eigenvalue weighted by atomic mass is 10.2. The highest BCUT2D eigenvalue weighted by atomic mass is 32.1. The van der Waals surface area contributed by atoms with Gasteiger partial charge in [0.05, 0.1) is 32.0 Å². The van der Waals surface area contributed by atoms with Crippen molar-refractivity contribution in [2.75, 3.05) is 19.6 Å². The molecule has 2 N–H and O–H groups in total. The molecule has 11 nitrogen and oxygen atoms in total. The molecular formula is C26H26N8O3S. The Morgan fingerprint density at radius 1 is 0.947 bits per heavy atom. The molecule has 2 heterocycles. The number of tetrazole rings is 1. The van der Waals surface area contributed by atoms with Crippen molar-refractivity contribution in [3.05, 3.63) is 88.5 Å². The summed E-state index contributed by atoms with van der Waals surface area (Å²) in [5, 5.41) is 19.2. The Morgan fingerprint density at radius 2 is 1.74 bits per heavy atom. The highest BCUT2D eigenvalue weighted by Gasteiger charge is 2.15. The lowest BCUT2D eigenvalue weighted by molar-refractivity contribution is 0.273. The number of hydrogen-bond acceptors (Lipinski definition) is 9. The molecule has 2 aromatic heterocycles. The van der Waals surface area contributed by atoms with Crippen molar-refractivity contribution in [3.63, 3.8) is 0 Å². The molecule has 38 heavy (non-hydrogen) atoms. The fourth-order valence-electron chi connectivity index (χ4n) is 3.89. The number of aryl methyl sites for hydroxylation is 1. The minimum atomic E-state index is 0.168. The molecule has 5 aromatic rings. The molecule has 194 valence electrons. The molecule has 0 aliphatic heterocycles. The van der Waals surface area contributed by atoms with E-state index in [2.05, 4.69) is 31.1 Å². The number of ether oxygens (including phenoxy) is 3. The molecule has 0 amide bonds. The van der Waals surface area contributed by atoms with Crippen LogP contribution >= 0.6 is 12.2 Å². The van der Waals surface area contributed by atoms with Crippen molar-refractivity contribution in [1.82, 2.24) is 35.1 Å². The van der Waals surface area contributed by atoms with E-state index < -0.39 is 0 Å². The molecule has 0 bridgehead atoms. The number of para-hydroxylation sites is 1. The van der Waals surface area contributed by atoms with Crippen LogP contribution in [-0.2, 0) is 13.2 Å². The van der Waals surface area contributed by atoms with Gasteiger partial charge in [-0.25, -0.2) is 9.77 Å². The van der Waals surface area contributed by atoms with Gasteiger partial charge in [-0.3, -0.25) is 0 Å². The summed E-state index contributed by atoms with van der Waals surface area (Å²) in [5.74, 6) is 3.04. The fourth-order valence-corrected chi connectivity index (χ4v) is 4.09. The average Bonchev–Trinajstić information content (AvgIpc) is 3.57. The summed E-state index contributed by atoms with van der Waals surface area (Å²) in [6, 6.07) is 21.3. The predicted molar refractivity (Wildman–Crippen MR) is 144 cm³/mol. The standard InChI is InChI=1S/C26H26N8O3S/c1-17-8-11-19(12-9-17)33-24(28-31-32-33)16-37-22-13-10-18(14-23(22)36-3)15-27-34-25(29-30-26(34)38)20-6-4-5-7-21(20)35-2/h4-14,27H,15-16H2,1-3H3,(H,30,38). The molecule has 0 aliphatic carbocycles. The van der Waals surface area contributed by atoms with Gasteiger partial charge in [-0.2, -0.15) is 9.78 Å². The zero-order chi connectivity index (χ0) is 26.5. The molecule has 0 spiro atoms. The Labute approximate surface area is 224 Å². The number of aromatic nitrogens is 7. The van der Waals surface area contributed by atoms with E-state index in [0.29, 0.717) is 40.2 Å². The maximum atomic E-state index is 6.03. The second kappa shape index (κ2) is 11.1. The summed E-state index contributed by atoms with van der Waals surface area (Å²) in [5.41, 5.74) is 7.10. The molecule has 0 fully saturated rings. The SMILES string of the molecule is COc1cc(CNn2c(-c3ccccc3OC)n[nH]c2=S)ccc1OCc1nnnn1-c1ccc(C)cc1. The first-order chi connectivity index (χ1) is 18.6. The highest BCUT2D eigenvalue weighted by Crippen LogP contribution is 2.30. The number of H-pyrrole nitrogens is 1. The van der Waals surface area contributed by atoms with Crippen LogP contribution in [0.25, 0.3) is 17.1 Å². The van der Waals surface area contributed by atoms with E-state index in [1.54, 1.807) is 23.6 Å². The normalized spacial score (nSPS) is 10.8. The zero-order valence-corrected chi connectivity index (χ0v) is 21.9. The average molecular weight is 531 g/mol. The van der Waals surface area contributed by atoms with Crippen molar-refractivity contribution in [2.45, 2.75) is 20.1 Å². The van der Waals surface area contributed by atoms with Gasteiger partial charge in [0.1, 0.15) is 5.75 Å². The van der Waals surface area contributed by atoms with Crippen LogP contribution in [0.2, 0.25) is 0 Å². The second-order valence-electron chi connectivity index (χ2n) is 8.34. The molecule has 0 atom stereocenters. The molecule has 3 aromatic carbocycles. The maximum Gasteiger partial charge on any atom is 0.214 e. The molecule has 0 unspecified atom stereocenters. The number of benzene rings is 3. The summed E-state index contributed by atoms with van der Waals surface area (Å²) in [6.45, 7) is 2.65. The van der Waals surface area contributed by atoms with Crippen molar-refractivity contribution < 1.29 is 14.2 Å². The topological polar surface area (TPSA) is 117 Å². The third-order valence-corrected chi connectivity index (χ3v) is 6.13. The first-order valence-corrected chi connectivity index (χ1v) is 12.2. The first-order valence-electron chi connectivity index (χ1n) is 11.8. The summed E-state index contributed by atoms with van der Waals surface area (Å²) in [7, 11) is 3.22. The molecule has 0 saturated carbocycles. The van der Waals surface area contributed by atoms with Crippen molar-refractivity contribution in [2.24, 2.45) is 0 Å². The van der Waals surface area contributed by atoms with Crippen LogP contribution in [0, 0.1) is 11.7 Å². The van der Waals surface area contributed by atoms with Crippen molar-refractivity contribution in [1.29, 1.82) is 0 Å². The molecule has 0 radical (unpaired) electrons. The van der Waals surface area contributed by atoms with Crippen LogP contribution in [0.5, 0.6) is 17.2 Å². The lowest BCUT2D eigenvalue weighted by Crippen LogP contribution is -2.16. The minimum absolute atomic E-state index is 0.168. The van der Waals surface area contributed by atoms with Crippen LogP contribution in [0.4, 0.5) is 0 Å². The van der Waals surface area contributed by atoms with Gasteiger partial charge in [-0.15, -0.1) is 5.10 Å². The maximum absolute atomic E-state index is 6.03. The van der Waals surface area contributed by atoms with Gasteiger partial charge in [0, 0.05) is 0 Å². The van der Waals surface area contributed by atoms with Crippen molar-refractivity contribution in [3.8, 4) is 34.3 Å². The summed E-state index contributed by atoms with van der Waals surface area (Å²) >= 11 is 5.44. The van der Waals surface area contributed by atoms with E-state index in [0.717, 1.165) is 22.4 Å². The third kappa shape index (κ3) is 5.20. The smallest absolute Gasteiger partial charge is 0.214 e. The number of rotatable bonds is 10. The Hall–Kier alpha value is -4.71. The Bertz CT molecular complexity index is 1590. The van der Waals surface area contributed by atoms with Gasteiger partial charge < -0.3 is 19.6 Å². The van der Waals surface area contributed by atoms with Gasteiger partial charge in [0.15, 0.2) is 29.8 Å². The van der Waals surface area contributed by atoms with E-state index >= 15 is 0 Å². The molecule has 0 saturated heterocycles. The van der Waals surface area contributed by atoms with E-state index in [9.17, 15) is 0 Å². The largest absolute Gasteiger partial charge is 0.496 e. The summed E-state index contributed by atoms with van der Waals surface area (Å²) in [4.78, 5) is 0. The van der Waals surface area contributed by atoms with E-state index in [1.807, 2.05) is 73.7 Å². The number of hydrogen-bond donors (Lipinski definition) is 2. The van der Waals surface area contributed by atoms with Gasteiger partial charge >= 0.3 is 0 Å². The zero-order valence-electron chi connectivity index (χ0n) is 21.1. The van der Waals surface area contributed by atoms with Gasteiger partial charge in [0.25, 0.3) is 0 Å². The Kier molecular flexibility index (Phi) is 7.31. The highest BCUT2D eigenvalue weighted by molar-refractivity contribution is 7.71. The van der Waals surface area contributed by atoms with Crippen LogP contribution in [0.1, 0.15) is 17.0 Å². The van der Waals surface area contributed by atoms with E-state index in [-0.39, 0.29) is 6.61 Å².